The quantitative estimate of drug-likeness (QED) is 0.671. The predicted molar refractivity (Wildman–Crippen MR) is 67.1 cm³/mol. The molecule has 1 rings (SSSR count). The number of aliphatic hydroxyl groups is 1. The lowest BCUT2D eigenvalue weighted by atomic mass is 10.2. The number of hydrogen-bond acceptors (Lipinski definition) is 5. The van der Waals surface area contributed by atoms with E-state index in [-0.39, 0.29) is 6.61 Å². The Hall–Kier alpha value is -1.92. The lowest BCUT2D eigenvalue weighted by molar-refractivity contribution is -0.146. The summed E-state index contributed by atoms with van der Waals surface area (Å²) in [7, 11) is 1.18. The number of benzene rings is 1. The molecule has 0 spiro atoms. The Balaban J connectivity index is 2.29. The molecule has 1 aromatic rings. The summed E-state index contributed by atoms with van der Waals surface area (Å²) in [6, 6.07) is 8.33. The normalized spacial score (nSPS) is 11.7. The summed E-state index contributed by atoms with van der Waals surface area (Å²) < 4.78 is 9.62. The molecule has 0 saturated heterocycles. The first kappa shape index (κ1) is 15.1. The largest absolute Gasteiger partial charge is 0.467 e. The highest BCUT2D eigenvalue weighted by Crippen LogP contribution is 2.00. The van der Waals surface area contributed by atoms with E-state index in [0.717, 1.165) is 5.56 Å². The van der Waals surface area contributed by atoms with Crippen LogP contribution < -0.4 is 5.32 Å². The standard InChI is InChI=1S/C13H17NO5/c1-18-13(17)11(7-15)14-12(16)9-19-8-10-5-3-2-4-6-10/h2-6,11,15H,7-9H2,1H3,(H,14,16). The van der Waals surface area contributed by atoms with E-state index in [9.17, 15) is 9.59 Å². The summed E-state index contributed by atoms with van der Waals surface area (Å²) in [4.78, 5) is 22.6. The Morgan fingerprint density at radius 3 is 2.58 bits per heavy atom. The van der Waals surface area contributed by atoms with Crippen LogP contribution in [0.25, 0.3) is 0 Å². The van der Waals surface area contributed by atoms with Crippen LogP contribution in [0.3, 0.4) is 0 Å². The number of esters is 1. The van der Waals surface area contributed by atoms with Gasteiger partial charge in [-0.2, -0.15) is 0 Å². The van der Waals surface area contributed by atoms with Crippen molar-refractivity contribution in [2.75, 3.05) is 20.3 Å². The van der Waals surface area contributed by atoms with E-state index < -0.39 is 24.5 Å². The Morgan fingerprint density at radius 2 is 2.00 bits per heavy atom. The molecule has 6 nitrogen and oxygen atoms in total. The number of carbonyl (C=O) groups excluding carboxylic acids is 2. The summed E-state index contributed by atoms with van der Waals surface area (Å²) in [6.45, 7) is -0.407. The highest BCUT2D eigenvalue weighted by Gasteiger charge is 2.20. The second-order valence-corrected chi connectivity index (χ2v) is 3.80. The number of rotatable bonds is 7. The Bertz CT molecular complexity index is 407. The van der Waals surface area contributed by atoms with Crippen LogP contribution in [0.1, 0.15) is 5.56 Å². The third-order valence-corrected chi connectivity index (χ3v) is 2.35. The van der Waals surface area contributed by atoms with Gasteiger partial charge in [0.15, 0.2) is 6.04 Å². The molecule has 0 aliphatic heterocycles. The van der Waals surface area contributed by atoms with E-state index in [0.29, 0.717) is 6.61 Å². The van der Waals surface area contributed by atoms with Crippen LogP contribution in [-0.4, -0.2) is 43.3 Å². The van der Waals surface area contributed by atoms with Gasteiger partial charge >= 0.3 is 5.97 Å². The van der Waals surface area contributed by atoms with Gasteiger partial charge in [-0.05, 0) is 5.56 Å². The lowest BCUT2D eigenvalue weighted by Gasteiger charge is -2.13. The van der Waals surface area contributed by atoms with Crippen molar-refractivity contribution in [1.82, 2.24) is 5.32 Å². The van der Waals surface area contributed by atoms with Gasteiger partial charge in [0, 0.05) is 0 Å². The first-order valence-electron chi connectivity index (χ1n) is 5.77. The fourth-order valence-corrected chi connectivity index (χ4v) is 1.39. The van der Waals surface area contributed by atoms with Crippen molar-refractivity contribution in [2.45, 2.75) is 12.6 Å². The van der Waals surface area contributed by atoms with Gasteiger partial charge in [-0.3, -0.25) is 4.79 Å². The Morgan fingerprint density at radius 1 is 1.32 bits per heavy atom. The molecule has 0 radical (unpaired) electrons. The van der Waals surface area contributed by atoms with Gasteiger partial charge in [-0.1, -0.05) is 30.3 Å². The van der Waals surface area contributed by atoms with E-state index in [4.69, 9.17) is 9.84 Å². The van der Waals surface area contributed by atoms with Crippen molar-refractivity contribution < 1.29 is 24.2 Å². The number of aliphatic hydroxyl groups excluding tert-OH is 1. The van der Waals surface area contributed by atoms with Crippen molar-refractivity contribution in [2.24, 2.45) is 0 Å². The minimum Gasteiger partial charge on any atom is -0.467 e. The van der Waals surface area contributed by atoms with Crippen LogP contribution in [-0.2, 0) is 25.7 Å². The fraction of sp³-hybridized carbons (Fsp3) is 0.385. The van der Waals surface area contributed by atoms with E-state index >= 15 is 0 Å². The number of hydrogen-bond donors (Lipinski definition) is 2. The Kier molecular flexibility index (Phi) is 6.56. The summed E-state index contributed by atoms with van der Waals surface area (Å²) in [6.07, 6.45) is 0. The van der Waals surface area contributed by atoms with E-state index in [2.05, 4.69) is 10.1 Å². The fourth-order valence-electron chi connectivity index (χ4n) is 1.39. The topological polar surface area (TPSA) is 84.9 Å². The molecule has 104 valence electrons. The smallest absolute Gasteiger partial charge is 0.330 e. The zero-order valence-electron chi connectivity index (χ0n) is 10.7. The van der Waals surface area contributed by atoms with Gasteiger partial charge in [0.25, 0.3) is 0 Å². The summed E-state index contributed by atoms with van der Waals surface area (Å²) in [5, 5.41) is 11.2. The number of ether oxygens (including phenoxy) is 2. The van der Waals surface area contributed by atoms with E-state index in [1.165, 1.54) is 7.11 Å². The van der Waals surface area contributed by atoms with Gasteiger partial charge in [0.2, 0.25) is 5.91 Å². The predicted octanol–water partition coefficient (Wildman–Crippen LogP) is -0.147. The number of amides is 1. The first-order valence-corrected chi connectivity index (χ1v) is 5.77. The van der Waals surface area contributed by atoms with Crippen LogP contribution in [0, 0.1) is 0 Å². The molecule has 0 aliphatic carbocycles. The molecule has 0 aromatic heterocycles. The zero-order chi connectivity index (χ0) is 14.1. The highest BCUT2D eigenvalue weighted by atomic mass is 16.5. The molecule has 1 atom stereocenters. The van der Waals surface area contributed by atoms with Gasteiger partial charge in [-0.25, -0.2) is 4.79 Å². The van der Waals surface area contributed by atoms with Crippen LogP contribution in [0.15, 0.2) is 30.3 Å². The van der Waals surface area contributed by atoms with Gasteiger partial charge < -0.3 is 19.9 Å². The minimum atomic E-state index is -1.06. The lowest BCUT2D eigenvalue weighted by Crippen LogP contribution is -2.45. The molecule has 6 heteroatoms. The van der Waals surface area contributed by atoms with Crippen molar-refractivity contribution >= 4 is 11.9 Å². The van der Waals surface area contributed by atoms with Crippen molar-refractivity contribution in [3.63, 3.8) is 0 Å². The minimum absolute atomic E-state index is 0.192. The molecule has 1 amide bonds. The van der Waals surface area contributed by atoms with Gasteiger partial charge in [0.1, 0.15) is 6.61 Å². The van der Waals surface area contributed by atoms with Crippen LogP contribution in [0.2, 0.25) is 0 Å². The third-order valence-electron chi connectivity index (χ3n) is 2.35. The Labute approximate surface area is 111 Å². The molecule has 1 aromatic carbocycles. The number of nitrogens with one attached hydrogen (secondary N) is 1. The average molecular weight is 267 g/mol. The maximum absolute atomic E-state index is 11.5. The highest BCUT2D eigenvalue weighted by molar-refractivity contribution is 5.85. The first-order chi connectivity index (χ1) is 9.17. The van der Waals surface area contributed by atoms with Crippen LogP contribution in [0.4, 0.5) is 0 Å². The monoisotopic (exact) mass is 267 g/mol. The van der Waals surface area contributed by atoms with Gasteiger partial charge in [0.05, 0.1) is 20.3 Å². The molecular weight excluding hydrogens is 250 g/mol. The molecule has 0 bridgehead atoms. The van der Waals surface area contributed by atoms with E-state index in [1.54, 1.807) is 0 Å². The molecule has 19 heavy (non-hydrogen) atoms. The van der Waals surface area contributed by atoms with Crippen molar-refractivity contribution in [1.29, 1.82) is 0 Å². The summed E-state index contributed by atoms with van der Waals surface area (Å²) in [5.41, 5.74) is 0.946. The molecule has 0 aliphatic rings. The van der Waals surface area contributed by atoms with Crippen molar-refractivity contribution in [3.05, 3.63) is 35.9 Å². The second-order valence-electron chi connectivity index (χ2n) is 3.80. The molecule has 0 saturated carbocycles. The van der Waals surface area contributed by atoms with E-state index in [1.807, 2.05) is 30.3 Å². The average Bonchev–Trinajstić information content (AvgIpc) is 2.45. The van der Waals surface area contributed by atoms with Crippen molar-refractivity contribution in [3.8, 4) is 0 Å². The maximum atomic E-state index is 11.5. The van der Waals surface area contributed by atoms with Crippen LogP contribution >= 0.6 is 0 Å². The zero-order valence-corrected chi connectivity index (χ0v) is 10.7. The van der Waals surface area contributed by atoms with Gasteiger partial charge in [-0.15, -0.1) is 0 Å². The molecule has 2 N–H and O–H groups in total. The second kappa shape index (κ2) is 8.23. The molecule has 0 fully saturated rings. The SMILES string of the molecule is COC(=O)C(CO)NC(=O)COCc1ccccc1. The summed E-state index contributed by atoms with van der Waals surface area (Å²) >= 11 is 0. The molecule has 1 unspecified atom stereocenters. The number of carbonyl (C=O) groups is 2. The summed E-state index contributed by atoms with van der Waals surface area (Å²) in [5.74, 6) is -1.18. The maximum Gasteiger partial charge on any atom is 0.330 e. The number of methoxy groups -OCH3 is 1. The third kappa shape index (κ3) is 5.50. The molecular formula is C13H17NO5. The molecule has 0 heterocycles. The van der Waals surface area contributed by atoms with Crippen LogP contribution in [0.5, 0.6) is 0 Å².